The first-order valence-electron chi connectivity index (χ1n) is 6.20. The standard InChI is InChI=1S/C14H22O2/c1-2-3-8-13-9-4-5-10-14(13)16-12-7-6-11-15/h4-5,9-10,15H,2-3,6-8,11-12H2,1H3. The topological polar surface area (TPSA) is 29.5 Å². The van der Waals surface area contributed by atoms with Crippen molar-refractivity contribution in [1.82, 2.24) is 0 Å². The zero-order chi connectivity index (χ0) is 11.6. The second-order valence-corrected chi connectivity index (χ2v) is 3.99. The fourth-order valence-electron chi connectivity index (χ4n) is 1.61. The summed E-state index contributed by atoms with van der Waals surface area (Å²) in [6.45, 7) is 3.15. The molecule has 0 spiro atoms. The number of hydrogen-bond donors (Lipinski definition) is 1. The molecule has 0 amide bonds. The van der Waals surface area contributed by atoms with E-state index in [4.69, 9.17) is 9.84 Å². The molecule has 0 radical (unpaired) electrons. The van der Waals surface area contributed by atoms with Crippen LogP contribution in [0.1, 0.15) is 38.2 Å². The van der Waals surface area contributed by atoms with Gasteiger partial charge in [-0.3, -0.25) is 0 Å². The second kappa shape index (κ2) is 8.17. The van der Waals surface area contributed by atoms with Gasteiger partial charge in [0.15, 0.2) is 0 Å². The van der Waals surface area contributed by atoms with Gasteiger partial charge in [0.25, 0.3) is 0 Å². The van der Waals surface area contributed by atoms with Gasteiger partial charge >= 0.3 is 0 Å². The van der Waals surface area contributed by atoms with Gasteiger partial charge in [0.1, 0.15) is 5.75 Å². The summed E-state index contributed by atoms with van der Waals surface area (Å²) in [6.07, 6.45) is 5.23. The van der Waals surface area contributed by atoms with Crippen LogP contribution in [0.2, 0.25) is 0 Å². The van der Waals surface area contributed by atoms with Crippen molar-refractivity contribution in [3.8, 4) is 5.75 Å². The molecule has 0 fully saturated rings. The van der Waals surface area contributed by atoms with Gasteiger partial charge in [-0.2, -0.15) is 0 Å². The molecule has 0 saturated carbocycles. The predicted octanol–water partition coefficient (Wildman–Crippen LogP) is 3.18. The molecule has 0 heterocycles. The van der Waals surface area contributed by atoms with E-state index in [0.717, 1.165) is 25.0 Å². The van der Waals surface area contributed by atoms with Crippen LogP contribution in [0.5, 0.6) is 5.75 Å². The van der Waals surface area contributed by atoms with Gasteiger partial charge < -0.3 is 9.84 Å². The van der Waals surface area contributed by atoms with Gasteiger partial charge in [0.05, 0.1) is 6.61 Å². The third kappa shape index (κ3) is 4.67. The van der Waals surface area contributed by atoms with Crippen molar-refractivity contribution in [2.24, 2.45) is 0 Å². The highest BCUT2D eigenvalue weighted by Crippen LogP contribution is 2.20. The van der Waals surface area contributed by atoms with E-state index in [2.05, 4.69) is 19.1 Å². The lowest BCUT2D eigenvalue weighted by atomic mass is 10.1. The minimum Gasteiger partial charge on any atom is -0.493 e. The molecule has 1 rings (SSSR count). The molecule has 1 aromatic carbocycles. The van der Waals surface area contributed by atoms with Gasteiger partial charge in [0.2, 0.25) is 0 Å². The van der Waals surface area contributed by atoms with Crippen LogP contribution in [0.4, 0.5) is 0 Å². The van der Waals surface area contributed by atoms with Gasteiger partial charge in [-0.05, 0) is 37.3 Å². The van der Waals surface area contributed by atoms with Crippen LogP contribution < -0.4 is 4.74 Å². The normalized spacial score (nSPS) is 10.4. The first-order valence-corrected chi connectivity index (χ1v) is 6.20. The lowest BCUT2D eigenvalue weighted by molar-refractivity contribution is 0.252. The zero-order valence-electron chi connectivity index (χ0n) is 10.1. The van der Waals surface area contributed by atoms with Crippen molar-refractivity contribution >= 4 is 0 Å². The molecule has 0 aliphatic carbocycles. The first kappa shape index (κ1) is 13.0. The number of benzene rings is 1. The van der Waals surface area contributed by atoms with Crippen LogP contribution in [-0.2, 0) is 6.42 Å². The van der Waals surface area contributed by atoms with E-state index in [1.54, 1.807) is 0 Å². The average Bonchev–Trinajstić information content (AvgIpc) is 2.33. The summed E-state index contributed by atoms with van der Waals surface area (Å²) in [4.78, 5) is 0. The van der Waals surface area contributed by atoms with Crippen LogP contribution in [-0.4, -0.2) is 18.3 Å². The van der Waals surface area contributed by atoms with Crippen LogP contribution >= 0.6 is 0 Å². The Morgan fingerprint density at radius 2 is 1.94 bits per heavy atom. The van der Waals surface area contributed by atoms with Crippen LogP contribution in [0.25, 0.3) is 0 Å². The fourth-order valence-corrected chi connectivity index (χ4v) is 1.61. The van der Waals surface area contributed by atoms with E-state index in [0.29, 0.717) is 6.61 Å². The molecule has 0 saturated heterocycles. The van der Waals surface area contributed by atoms with Crippen molar-refractivity contribution in [1.29, 1.82) is 0 Å². The van der Waals surface area contributed by atoms with Crippen molar-refractivity contribution in [3.63, 3.8) is 0 Å². The molecule has 0 aliphatic heterocycles. The predicted molar refractivity (Wildman–Crippen MR) is 66.9 cm³/mol. The van der Waals surface area contributed by atoms with E-state index < -0.39 is 0 Å². The third-order valence-corrected chi connectivity index (χ3v) is 2.58. The molecule has 16 heavy (non-hydrogen) atoms. The molecular weight excluding hydrogens is 200 g/mol. The van der Waals surface area contributed by atoms with Gasteiger partial charge in [0, 0.05) is 6.61 Å². The number of aliphatic hydroxyl groups excluding tert-OH is 1. The minimum absolute atomic E-state index is 0.251. The highest BCUT2D eigenvalue weighted by molar-refractivity contribution is 5.33. The highest BCUT2D eigenvalue weighted by atomic mass is 16.5. The molecule has 1 N–H and O–H groups in total. The highest BCUT2D eigenvalue weighted by Gasteiger charge is 2.01. The number of unbranched alkanes of at least 4 members (excludes halogenated alkanes) is 2. The summed E-state index contributed by atoms with van der Waals surface area (Å²) in [5.41, 5.74) is 1.30. The monoisotopic (exact) mass is 222 g/mol. The zero-order valence-corrected chi connectivity index (χ0v) is 10.1. The fraction of sp³-hybridized carbons (Fsp3) is 0.571. The molecule has 0 aliphatic rings. The Labute approximate surface area is 98.3 Å². The third-order valence-electron chi connectivity index (χ3n) is 2.58. The molecule has 0 bridgehead atoms. The Hall–Kier alpha value is -1.02. The number of aryl methyl sites for hydroxylation is 1. The second-order valence-electron chi connectivity index (χ2n) is 3.99. The quantitative estimate of drug-likeness (QED) is 0.684. The van der Waals surface area contributed by atoms with Crippen LogP contribution in [0, 0.1) is 0 Å². The van der Waals surface area contributed by atoms with Crippen molar-refractivity contribution in [3.05, 3.63) is 29.8 Å². The van der Waals surface area contributed by atoms with E-state index in [1.807, 2.05) is 12.1 Å². The van der Waals surface area contributed by atoms with E-state index >= 15 is 0 Å². The summed E-state index contributed by atoms with van der Waals surface area (Å²) >= 11 is 0. The molecule has 2 heteroatoms. The Kier molecular flexibility index (Phi) is 6.66. The largest absolute Gasteiger partial charge is 0.493 e. The Bertz CT molecular complexity index is 284. The maximum absolute atomic E-state index is 8.68. The number of rotatable bonds is 8. The van der Waals surface area contributed by atoms with Crippen LogP contribution in [0.15, 0.2) is 24.3 Å². The lowest BCUT2D eigenvalue weighted by Crippen LogP contribution is -2.01. The van der Waals surface area contributed by atoms with Crippen molar-refractivity contribution < 1.29 is 9.84 Å². The molecular formula is C14H22O2. The molecule has 0 unspecified atom stereocenters. The summed E-state index contributed by atoms with van der Waals surface area (Å²) in [5.74, 6) is 1.01. The molecule has 0 aromatic heterocycles. The maximum Gasteiger partial charge on any atom is 0.122 e. The lowest BCUT2D eigenvalue weighted by Gasteiger charge is -2.10. The number of hydrogen-bond acceptors (Lipinski definition) is 2. The Morgan fingerprint density at radius 1 is 1.12 bits per heavy atom. The van der Waals surface area contributed by atoms with Gasteiger partial charge in [-0.15, -0.1) is 0 Å². The number of para-hydroxylation sites is 1. The Balaban J connectivity index is 2.43. The summed E-state index contributed by atoms with van der Waals surface area (Å²) in [7, 11) is 0. The van der Waals surface area contributed by atoms with E-state index in [9.17, 15) is 0 Å². The summed E-state index contributed by atoms with van der Waals surface area (Å²) < 4.78 is 5.73. The average molecular weight is 222 g/mol. The first-order chi connectivity index (χ1) is 7.88. The van der Waals surface area contributed by atoms with Gasteiger partial charge in [-0.25, -0.2) is 0 Å². The smallest absolute Gasteiger partial charge is 0.122 e. The molecule has 0 atom stereocenters. The summed E-state index contributed by atoms with van der Waals surface area (Å²) in [5, 5.41) is 8.68. The molecule has 1 aromatic rings. The van der Waals surface area contributed by atoms with Crippen molar-refractivity contribution in [2.75, 3.05) is 13.2 Å². The van der Waals surface area contributed by atoms with E-state index in [-0.39, 0.29) is 6.61 Å². The molecule has 2 nitrogen and oxygen atoms in total. The maximum atomic E-state index is 8.68. The Morgan fingerprint density at radius 3 is 2.69 bits per heavy atom. The summed E-state index contributed by atoms with van der Waals surface area (Å²) in [6, 6.07) is 8.24. The van der Waals surface area contributed by atoms with Crippen LogP contribution in [0.3, 0.4) is 0 Å². The minimum atomic E-state index is 0.251. The number of aliphatic hydroxyl groups is 1. The molecule has 90 valence electrons. The van der Waals surface area contributed by atoms with Crippen molar-refractivity contribution in [2.45, 2.75) is 39.0 Å². The van der Waals surface area contributed by atoms with Gasteiger partial charge in [-0.1, -0.05) is 31.5 Å². The SMILES string of the molecule is CCCCc1ccccc1OCCCCO. The van der Waals surface area contributed by atoms with E-state index in [1.165, 1.54) is 18.4 Å². The number of ether oxygens (including phenoxy) is 1.